The van der Waals surface area contributed by atoms with Crippen molar-refractivity contribution in [2.75, 3.05) is 5.73 Å². The Labute approximate surface area is 123 Å². The van der Waals surface area contributed by atoms with E-state index < -0.39 is 11.6 Å². The van der Waals surface area contributed by atoms with Crippen LogP contribution in [0, 0.1) is 11.6 Å². The zero-order valence-corrected chi connectivity index (χ0v) is 11.3. The van der Waals surface area contributed by atoms with Crippen LogP contribution in [0.2, 0.25) is 0 Å². The summed E-state index contributed by atoms with van der Waals surface area (Å²) in [6, 6.07) is 8.09. The Morgan fingerprint density at radius 3 is 2.59 bits per heavy atom. The fourth-order valence-electron chi connectivity index (χ4n) is 2.31. The van der Waals surface area contributed by atoms with E-state index in [4.69, 9.17) is 10.5 Å². The van der Waals surface area contributed by atoms with Gasteiger partial charge in [-0.05, 0) is 29.8 Å². The molecule has 2 N–H and O–H groups in total. The number of fused-ring (bicyclic) bond motifs is 1. The molecule has 0 radical (unpaired) electrons. The molecule has 1 aromatic heterocycles. The van der Waals surface area contributed by atoms with Crippen LogP contribution in [-0.2, 0) is 11.3 Å². The molecule has 7 heteroatoms. The van der Waals surface area contributed by atoms with E-state index in [1.165, 1.54) is 12.1 Å². The SMILES string of the molecule is Nc1nc2cc(OC=O)ccc2n1Cc1cc(F)cc(F)c1. The second-order valence-electron chi connectivity index (χ2n) is 4.70. The van der Waals surface area contributed by atoms with Crippen molar-refractivity contribution in [1.29, 1.82) is 0 Å². The average Bonchev–Trinajstić information content (AvgIpc) is 2.74. The Morgan fingerprint density at radius 1 is 1.18 bits per heavy atom. The summed E-state index contributed by atoms with van der Waals surface area (Å²) in [4.78, 5) is 14.5. The van der Waals surface area contributed by atoms with Crippen molar-refractivity contribution in [3.8, 4) is 5.75 Å². The molecule has 1 heterocycles. The molecule has 0 amide bonds. The smallest absolute Gasteiger partial charge is 0.298 e. The highest BCUT2D eigenvalue weighted by Gasteiger charge is 2.11. The van der Waals surface area contributed by atoms with Crippen molar-refractivity contribution < 1.29 is 18.3 Å². The Kier molecular flexibility index (Phi) is 3.46. The van der Waals surface area contributed by atoms with Crippen molar-refractivity contribution in [2.45, 2.75) is 6.54 Å². The van der Waals surface area contributed by atoms with E-state index in [-0.39, 0.29) is 12.5 Å². The summed E-state index contributed by atoms with van der Waals surface area (Å²) in [5, 5.41) is 0. The lowest BCUT2D eigenvalue weighted by atomic mass is 10.2. The van der Waals surface area contributed by atoms with Gasteiger partial charge in [-0.15, -0.1) is 0 Å². The Hall–Kier alpha value is -2.96. The zero-order valence-electron chi connectivity index (χ0n) is 11.3. The van der Waals surface area contributed by atoms with Crippen molar-refractivity contribution in [3.05, 3.63) is 53.6 Å². The summed E-state index contributed by atoms with van der Waals surface area (Å²) >= 11 is 0. The number of carbonyl (C=O) groups excluding carboxylic acids is 1. The highest BCUT2D eigenvalue weighted by Crippen LogP contribution is 2.24. The van der Waals surface area contributed by atoms with Crippen molar-refractivity contribution in [3.63, 3.8) is 0 Å². The number of ether oxygens (including phenoxy) is 1. The molecule has 3 aromatic rings. The number of hydrogen-bond donors (Lipinski definition) is 1. The third-order valence-corrected chi connectivity index (χ3v) is 3.20. The highest BCUT2D eigenvalue weighted by atomic mass is 19.1. The van der Waals surface area contributed by atoms with Gasteiger partial charge in [0.05, 0.1) is 17.6 Å². The average molecular weight is 303 g/mol. The normalized spacial score (nSPS) is 10.8. The third kappa shape index (κ3) is 2.60. The van der Waals surface area contributed by atoms with Gasteiger partial charge in [-0.3, -0.25) is 4.79 Å². The quantitative estimate of drug-likeness (QED) is 0.752. The molecule has 0 saturated heterocycles. The standard InChI is InChI=1S/C15H11F2N3O2/c16-10-3-9(4-11(17)5-10)7-20-14-2-1-12(22-8-21)6-13(14)19-15(20)18/h1-6,8H,7H2,(H2,18,19). The lowest BCUT2D eigenvalue weighted by molar-refractivity contribution is -0.120. The number of nitrogens with zero attached hydrogens (tertiary/aromatic N) is 2. The monoisotopic (exact) mass is 303 g/mol. The molecule has 5 nitrogen and oxygen atoms in total. The van der Waals surface area contributed by atoms with Crippen LogP contribution in [-0.4, -0.2) is 16.0 Å². The first-order valence-electron chi connectivity index (χ1n) is 6.38. The minimum absolute atomic E-state index is 0.172. The molecule has 2 aromatic carbocycles. The highest BCUT2D eigenvalue weighted by molar-refractivity contribution is 5.80. The van der Waals surface area contributed by atoms with E-state index in [1.54, 1.807) is 22.8 Å². The van der Waals surface area contributed by atoms with Crippen molar-refractivity contribution in [1.82, 2.24) is 9.55 Å². The molecular weight excluding hydrogens is 292 g/mol. The van der Waals surface area contributed by atoms with Crippen molar-refractivity contribution >= 4 is 23.5 Å². The number of nitrogens with two attached hydrogens (primary N) is 1. The molecule has 3 rings (SSSR count). The van der Waals surface area contributed by atoms with Crippen LogP contribution < -0.4 is 10.5 Å². The van der Waals surface area contributed by atoms with Gasteiger partial charge in [-0.2, -0.15) is 0 Å². The van der Waals surface area contributed by atoms with E-state index >= 15 is 0 Å². The molecular formula is C15H11F2N3O2. The molecule has 0 aliphatic heterocycles. The molecule has 0 fully saturated rings. The van der Waals surface area contributed by atoms with Gasteiger partial charge < -0.3 is 15.0 Å². The minimum atomic E-state index is -0.653. The summed E-state index contributed by atoms with van der Waals surface area (Å²) in [6.45, 7) is 0.488. The molecule has 0 aliphatic carbocycles. The maximum atomic E-state index is 13.3. The number of halogens is 2. The van der Waals surface area contributed by atoms with E-state index in [0.29, 0.717) is 28.8 Å². The number of hydrogen-bond acceptors (Lipinski definition) is 4. The fraction of sp³-hybridized carbons (Fsp3) is 0.0667. The first-order chi connectivity index (χ1) is 10.6. The number of benzene rings is 2. The fourth-order valence-corrected chi connectivity index (χ4v) is 2.31. The van der Waals surface area contributed by atoms with Gasteiger partial charge in [0.2, 0.25) is 5.95 Å². The number of carbonyl (C=O) groups is 1. The summed E-state index contributed by atoms with van der Waals surface area (Å²) in [6.07, 6.45) is 0. The number of nitrogen functional groups attached to an aromatic ring is 1. The van der Waals surface area contributed by atoms with Crippen LogP contribution in [0.1, 0.15) is 5.56 Å². The Bertz CT molecular complexity index is 841. The second-order valence-corrected chi connectivity index (χ2v) is 4.70. The maximum absolute atomic E-state index is 13.3. The van der Waals surface area contributed by atoms with Gasteiger partial charge in [0, 0.05) is 12.1 Å². The van der Waals surface area contributed by atoms with E-state index in [9.17, 15) is 13.6 Å². The van der Waals surface area contributed by atoms with Crippen LogP contribution in [0.25, 0.3) is 11.0 Å². The van der Waals surface area contributed by atoms with Crippen LogP contribution in [0.15, 0.2) is 36.4 Å². The molecule has 112 valence electrons. The lowest BCUT2D eigenvalue weighted by Crippen LogP contribution is -2.05. The first kappa shape index (κ1) is 14.0. The van der Waals surface area contributed by atoms with Crippen LogP contribution in [0.3, 0.4) is 0 Å². The van der Waals surface area contributed by atoms with Crippen LogP contribution in [0.4, 0.5) is 14.7 Å². The molecule has 0 unspecified atom stereocenters. The van der Waals surface area contributed by atoms with Crippen molar-refractivity contribution in [2.24, 2.45) is 0 Å². The molecule has 0 bridgehead atoms. The number of rotatable bonds is 4. The van der Waals surface area contributed by atoms with Gasteiger partial charge in [-0.25, -0.2) is 13.8 Å². The topological polar surface area (TPSA) is 70.1 Å². The van der Waals surface area contributed by atoms with E-state index in [1.807, 2.05) is 0 Å². The van der Waals surface area contributed by atoms with E-state index in [0.717, 1.165) is 6.07 Å². The number of anilines is 1. The predicted molar refractivity (Wildman–Crippen MR) is 76.3 cm³/mol. The Balaban J connectivity index is 2.03. The summed E-state index contributed by atoms with van der Waals surface area (Å²) < 4.78 is 32.9. The van der Waals surface area contributed by atoms with Gasteiger partial charge in [-0.1, -0.05) is 0 Å². The van der Waals surface area contributed by atoms with Gasteiger partial charge in [0.25, 0.3) is 6.47 Å². The maximum Gasteiger partial charge on any atom is 0.298 e. The second kappa shape index (κ2) is 5.44. The predicted octanol–water partition coefficient (Wildman–Crippen LogP) is 2.48. The van der Waals surface area contributed by atoms with E-state index in [2.05, 4.69) is 4.98 Å². The largest absolute Gasteiger partial charge is 0.429 e. The lowest BCUT2D eigenvalue weighted by Gasteiger charge is -2.07. The number of aromatic nitrogens is 2. The number of imidazole rings is 1. The first-order valence-corrected chi connectivity index (χ1v) is 6.38. The zero-order chi connectivity index (χ0) is 15.7. The summed E-state index contributed by atoms with van der Waals surface area (Å²) in [5.74, 6) is -0.772. The molecule has 0 atom stereocenters. The van der Waals surface area contributed by atoms with Gasteiger partial charge in [0.15, 0.2) is 0 Å². The molecule has 22 heavy (non-hydrogen) atoms. The summed E-state index contributed by atoms with van der Waals surface area (Å²) in [7, 11) is 0. The van der Waals surface area contributed by atoms with Gasteiger partial charge >= 0.3 is 0 Å². The van der Waals surface area contributed by atoms with Gasteiger partial charge in [0.1, 0.15) is 17.4 Å². The summed E-state index contributed by atoms with van der Waals surface area (Å²) in [5.41, 5.74) is 7.47. The molecule has 0 spiro atoms. The van der Waals surface area contributed by atoms with Crippen LogP contribution >= 0.6 is 0 Å². The third-order valence-electron chi connectivity index (χ3n) is 3.20. The Morgan fingerprint density at radius 2 is 1.91 bits per heavy atom. The van der Waals surface area contributed by atoms with Crippen LogP contribution in [0.5, 0.6) is 5.75 Å². The molecule has 0 aliphatic rings. The minimum Gasteiger partial charge on any atom is -0.429 e. The molecule has 0 saturated carbocycles.